The Hall–Kier alpha value is -1.58. The zero-order valence-corrected chi connectivity index (χ0v) is 12.0. The SMILES string of the molecule is C=C(C)OC(=O)CCCCCCCC(=O)OC(=C)C. The van der Waals surface area contributed by atoms with E-state index in [1.54, 1.807) is 13.8 Å². The largest absolute Gasteiger partial charge is 0.432 e. The molecule has 0 fully saturated rings. The normalized spacial score (nSPS) is 9.79. The zero-order chi connectivity index (χ0) is 14.7. The Kier molecular flexibility index (Phi) is 9.49. The van der Waals surface area contributed by atoms with Crippen molar-refractivity contribution in [3.8, 4) is 0 Å². The molecule has 0 saturated heterocycles. The number of carbonyl (C=O) groups is 2. The number of rotatable bonds is 10. The molecule has 4 nitrogen and oxygen atoms in total. The van der Waals surface area contributed by atoms with Gasteiger partial charge < -0.3 is 9.47 Å². The Morgan fingerprint density at radius 2 is 1.05 bits per heavy atom. The van der Waals surface area contributed by atoms with Crippen molar-refractivity contribution < 1.29 is 19.1 Å². The summed E-state index contributed by atoms with van der Waals surface area (Å²) in [6.07, 6.45) is 5.38. The fraction of sp³-hybridized carbons (Fsp3) is 0.600. The molecule has 19 heavy (non-hydrogen) atoms. The minimum absolute atomic E-state index is 0.225. The summed E-state index contributed by atoms with van der Waals surface area (Å²) in [4.78, 5) is 22.4. The van der Waals surface area contributed by atoms with Crippen LogP contribution in [0.4, 0.5) is 0 Å². The van der Waals surface area contributed by atoms with Gasteiger partial charge in [0.1, 0.15) is 0 Å². The van der Waals surface area contributed by atoms with E-state index in [1.165, 1.54) is 0 Å². The summed E-state index contributed by atoms with van der Waals surface area (Å²) in [5.41, 5.74) is 0. The van der Waals surface area contributed by atoms with Crippen LogP contribution in [0, 0.1) is 0 Å². The number of hydrogen-bond acceptors (Lipinski definition) is 4. The lowest BCUT2D eigenvalue weighted by molar-refractivity contribution is -0.140. The highest BCUT2D eigenvalue weighted by molar-refractivity contribution is 5.70. The molecule has 0 aromatic rings. The van der Waals surface area contributed by atoms with Crippen LogP contribution in [-0.2, 0) is 19.1 Å². The van der Waals surface area contributed by atoms with E-state index >= 15 is 0 Å². The van der Waals surface area contributed by atoms with Crippen molar-refractivity contribution in [1.82, 2.24) is 0 Å². The number of esters is 2. The molecule has 0 amide bonds. The summed E-state index contributed by atoms with van der Waals surface area (Å²) in [7, 11) is 0. The van der Waals surface area contributed by atoms with E-state index in [4.69, 9.17) is 9.47 Å². The van der Waals surface area contributed by atoms with Gasteiger partial charge in [-0.1, -0.05) is 32.4 Å². The van der Waals surface area contributed by atoms with Gasteiger partial charge in [0.25, 0.3) is 0 Å². The molecular formula is C15H24O4. The number of unbranched alkanes of at least 4 members (excludes halogenated alkanes) is 4. The van der Waals surface area contributed by atoms with Gasteiger partial charge in [0, 0.05) is 12.8 Å². The lowest BCUT2D eigenvalue weighted by atomic mass is 10.1. The number of allylic oxidation sites excluding steroid dienone is 2. The first-order chi connectivity index (χ1) is 8.91. The van der Waals surface area contributed by atoms with Gasteiger partial charge in [-0.15, -0.1) is 0 Å². The Balaban J connectivity index is 3.36. The van der Waals surface area contributed by atoms with Crippen LogP contribution < -0.4 is 0 Å². The van der Waals surface area contributed by atoms with Gasteiger partial charge >= 0.3 is 11.9 Å². The highest BCUT2D eigenvalue weighted by Crippen LogP contribution is 2.09. The highest BCUT2D eigenvalue weighted by atomic mass is 16.5. The maximum absolute atomic E-state index is 11.2. The summed E-state index contributed by atoms with van der Waals surface area (Å²) >= 11 is 0. The van der Waals surface area contributed by atoms with Crippen molar-refractivity contribution in [2.24, 2.45) is 0 Å². The molecule has 0 N–H and O–H groups in total. The number of carbonyl (C=O) groups excluding carboxylic acids is 2. The molecule has 0 aromatic carbocycles. The van der Waals surface area contributed by atoms with Gasteiger partial charge in [0.05, 0.1) is 11.5 Å². The van der Waals surface area contributed by atoms with Crippen molar-refractivity contribution in [3.63, 3.8) is 0 Å². The van der Waals surface area contributed by atoms with Gasteiger partial charge in [-0.05, 0) is 26.7 Å². The summed E-state index contributed by atoms with van der Waals surface area (Å²) in [5.74, 6) is 0.414. The number of ether oxygens (including phenoxy) is 2. The van der Waals surface area contributed by atoms with E-state index in [0.29, 0.717) is 24.4 Å². The predicted octanol–water partition coefficient (Wildman–Crippen LogP) is 3.87. The van der Waals surface area contributed by atoms with E-state index < -0.39 is 0 Å². The molecule has 0 aliphatic rings. The molecule has 0 aliphatic heterocycles. The molecule has 108 valence electrons. The van der Waals surface area contributed by atoms with E-state index in [9.17, 15) is 9.59 Å². The van der Waals surface area contributed by atoms with Crippen molar-refractivity contribution in [2.75, 3.05) is 0 Å². The Morgan fingerprint density at radius 3 is 1.37 bits per heavy atom. The van der Waals surface area contributed by atoms with Crippen LogP contribution in [0.2, 0.25) is 0 Å². The second-order valence-corrected chi connectivity index (χ2v) is 4.62. The molecule has 0 unspecified atom stereocenters. The number of hydrogen-bond donors (Lipinski definition) is 0. The molecule has 0 spiro atoms. The third kappa shape index (κ3) is 12.7. The minimum Gasteiger partial charge on any atom is -0.432 e. The van der Waals surface area contributed by atoms with Crippen LogP contribution in [0.15, 0.2) is 24.7 Å². The average Bonchev–Trinajstić information content (AvgIpc) is 2.25. The van der Waals surface area contributed by atoms with Crippen molar-refractivity contribution in [3.05, 3.63) is 24.7 Å². The van der Waals surface area contributed by atoms with Crippen LogP contribution in [0.25, 0.3) is 0 Å². The van der Waals surface area contributed by atoms with E-state index in [2.05, 4.69) is 13.2 Å². The standard InChI is InChI=1S/C15H24O4/c1-12(2)18-14(16)10-8-6-5-7-9-11-15(17)19-13(3)4/h1,3,5-11H2,2,4H3. The van der Waals surface area contributed by atoms with Crippen molar-refractivity contribution in [1.29, 1.82) is 0 Å². The van der Waals surface area contributed by atoms with Gasteiger partial charge in [-0.25, -0.2) is 0 Å². The Morgan fingerprint density at radius 1 is 0.737 bits per heavy atom. The third-order valence-corrected chi connectivity index (χ3v) is 2.34. The summed E-state index contributed by atoms with van der Waals surface area (Å²) in [6.45, 7) is 10.3. The average molecular weight is 268 g/mol. The summed E-state index contributed by atoms with van der Waals surface area (Å²) in [5, 5.41) is 0. The van der Waals surface area contributed by atoms with Crippen LogP contribution in [-0.4, -0.2) is 11.9 Å². The fourth-order valence-electron chi connectivity index (χ4n) is 1.56. The first-order valence-corrected chi connectivity index (χ1v) is 6.64. The molecule has 0 aliphatic carbocycles. The molecular weight excluding hydrogens is 244 g/mol. The smallest absolute Gasteiger partial charge is 0.310 e. The first kappa shape index (κ1) is 17.4. The molecule has 0 aromatic heterocycles. The van der Waals surface area contributed by atoms with Gasteiger partial charge in [-0.2, -0.15) is 0 Å². The summed E-state index contributed by atoms with van der Waals surface area (Å²) < 4.78 is 9.69. The Bertz CT molecular complexity index is 299. The first-order valence-electron chi connectivity index (χ1n) is 6.64. The fourth-order valence-corrected chi connectivity index (χ4v) is 1.56. The summed E-state index contributed by atoms with van der Waals surface area (Å²) in [6, 6.07) is 0. The van der Waals surface area contributed by atoms with E-state index in [1.807, 2.05) is 0 Å². The topological polar surface area (TPSA) is 52.6 Å². The van der Waals surface area contributed by atoms with Crippen LogP contribution >= 0.6 is 0 Å². The van der Waals surface area contributed by atoms with Crippen molar-refractivity contribution >= 4 is 11.9 Å². The molecule has 0 bridgehead atoms. The van der Waals surface area contributed by atoms with Gasteiger partial charge in [0.15, 0.2) is 0 Å². The monoisotopic (exact) mass is 268 g/mol. The van der Waals surface area contributed by atoms with E-state index in [0.717, 1.165) is 32.1 Å². The lowest BCUT2D eigenvalue weighted by Gasteiger charge is -2.04. The molecule has 0 rings (SSSR count). The quantitative estimate of drug-likeness (QED) is 0.343. The van der Waals surface area contributed by atoms with Gasteiger partial charge in [-0.3, -0.25) is 9.59 Å². The molecule has 0 saturated carbocycles. The van der Waals surface area contributed by atoms with Crippen LogP contribution in [0.1, 0.15) is 58.8 Å². The molecule has 0 heterocycles. The molecule has 4 heteroatoms. The Labute approximate surface area is 115 Å². The second kappa shape index (κ2) is 10.4. The minimum atomic E-state index is -0.225. The van der Waals surface area contributed by atoms with E-state index in [-0.39, 0.29) is 11.9 Å². The third-order valence-electron chi connectivity index (χ3n) is 2.34. The maximum atomic E-state index is 11.2. The van der Waals surface area contributed by atoms with Gasteiger partial charge in [0.2, 0.25) is 0 Å². The van der Waals surface area contributed by atoms with Crippen LogP contribution in [0.3, 0.4) is 0 Å². The zero-order valence-electron chi connectivity index (χ0n) is 12.0. The van der Waals surface area contributed by atoms with Crippen LogP contribution in [0.5, 0.6) is 0 Å². The second-order valence-electron chi connectivity index (χ2n) is 4.62. The molecule has 0 radical (unpaired) electrons. The lowest BCUT2D eigenvalue weighted by Crippen LogP contribution is -2.02. The maximum Gasteiger partial charge on any atom is 0.310 e. The highest BCUT2D eigenvalue weighted by Gasteiger charge is 2.04. The predicted molar refractivity (Wildman–Crippen MR) is 74.1 cm³/mol. The van der Waals surface area contributed by atoms with Crippen molar-refractivity contribution in [2.45, 2.75) is 58.8 Å². The molecule has 0 atom stereocenters.